The van der Waals surface area contributed by atoms with E-state index in [1.165, 1.54) is 0 Å². The topological polar surface area (TPSA) is 58.4 Å². The van der Waals surface area contributed by atoms with Gasteiger partial charge in [-0.3, -0.25) is 4.79 Å². The number of rotatable bonds is 7. The van der Waals surface area contributed by atoms with Crippen molar-refractivity contribution in [2.75, 3.05) is 31.9 Å². The Bertz CT molecular complexity index is 419. The highest BCUT2D eigenvalue weighted by Crippen LogP contribution is 2.18. The molecular weight excluding hydrogens is 306 g/mol. The molecule has 19 heavy (non-hydrogen) atoms. The summed E-state index contributed by atoms with van der Waals surface area (Å²) in [6.45, 7) is 8.04. The van der Waals surface area contributed by atoms with Crippen LogP contribution >= 0.6 is 15.9 Å². The number of benzene rings is 1. The molecule has 1 rings (SSSR count). The van der Waals surface area contributed by atoms with E-state index in [0.717, 1.165) is 30.5 Å². The van der Waals surface area contributed by atoms with Crippen molar-refractivity contribution in [3.63, 3.8) is 0 Å². The lowest BCUT2D eigenvalue weighted by molar-refractivity contribution is 0.0952. The van der Waals surface area contributed by atoms with Crippen LogP contribution in [-0.4, -0.2) is 37.0 Å². The summed E-state index contributed by atoms with van der Waals surface area (Å²) < 4.78 is 0.856. The largest absolute Gasteiger partial charge is 0.398 e. The van der Waals surface area contributed by atoms with E-state index in [-0.39, 0.29) is 5.91 Å². The Labute approximate surface area is 123 Å². The van der Waals surface area contributed by atoms with Crippen molar-refractivity contribution >= 4 is 27.5 Å². The second-order valence-electron chi connectivity index (χ2n) is 4.37. The molecule has 0 aliphatic rings. The third-order valence-electron chi connectivity index (χ3n) is 3.09. The Kier molecular flexibility index (Phi) is 6.87. The number of carbonyl (C=O) groups is 1. The number of amides is 1. The number of nitrogen functional groups attached to an aromatic ring is 1. The van der Waals surface area contributed by atoms with E-state index in [1.54, 1.807) is 12.1 Å². The van der Waals surface area contributed by atoms with E-state index in [1.807, 2.05) is 6.07 Å². The Morgan fingerprint density at radius 1 is 1.37 bits per heavy atom. The molecule has 0 fully saturated rings. The van der Waals surface area contributed by atoms with Crippen molar-refractivity contribution in [3.05, 3.63) is 28.2 Å². The maximum atomic E-state index is 12.0. The fraction of sp³-hybridized carbons (Fsp3) is 0.500. The smallest absolute Gasteiger partial charge is 0.253 e. The van der Waals surface area contributed by atoms with Gasteiger partial charge in [0.25, 0.3) is 5.91 Å². The number of nitrogens with one attached hydrogen (secondary N) is 1. The third kappa shape index (κ3) is 5.20. The molecule has 5 heteroatoms. The van der Waals surface area contributed by atoms with Gasteiger partial charge in [0.15, 0.2) is 0 Å². The number of anilines is 1. The fourth-order valence-electron chi connectivity index (χ4n) is 1.86. The first-order chi connectivity index (χ1) is 9.08. The number of nitrogens with two attached hydrogens (primary N) is 1. The van der Waals surface area contributed by atoms with Crippen LogP contribution in [0.15, 0.2) is 22.7 Å². The van der Waals surface area contributed by atoms with Gasteiger partial charge in [-0.1, -0.05) is 29.8 Å². The summed E-state index contributed by atoms with van der Waals surface area (Å²) >= 11 is 3.34. The predicted octanol–water partition coefficient (Wildman–Crippen LogP) is 2.49. The molecule has 0 bridgehead atoms. The Balaban J connectivity index is 2.41. The Hall–Kier alpha value is -1.07. The van der Waals surface area contributed by atoms with E-state index in [2.05, 4.69) is 40.0 Å². The molecule has 1 amide bonds. The molecule has 0 aromatic heterocycles. The van der Waals surface area contributed by atoms with Crippen LogP contribution in [0.1, 0.15) is 30.6 Å². The lowest BCUT2D eigenvalue weighted by Crippen LogP contribution is -2.30. The second kappa shape index (κ2) is 8.17. The standard InChI is InChI=1S/C14H22BrN3O/c1-3-18(4-2)9-5-8-17-14(19)12-10-11(15)6-7-13(12)16/h6-7,10H,3-5,8-9,16H2,1-2H3,(H,17,19). The molecule has 4 nitrogen and oxygen atoms in total. The van der Waals surface area contributed by atoms with Crippen LogP contribution in [0, 0.1) is 0 Å². The third-order valence-corrected chi connectivity index (χ3v) is 3.58. The monoisotopic (exact) mass is 327 g/mol. The maximum absolute atomic E-state index is 12.0. The molecule has 0 aliphatic carbocycles. The van der Waals surface area contributed by atoms with Crippen LogP contribution in [0.4, 0.5) is 5.69 Å². The lowest BCUT2D eigenvalue weighted by atomic mass is 10.1. The van der Waals surface area contributed by atoms with Gasteiger partial charge in [-0.05, 0) is 44.3 Å². The molecule has 0 radical (unpaired) electrons. The predicted molar refractivity (Wildman–Crippen MR) is 83.3 cm³/mol. The second-order valence-corrected chi connectivity index (χ2v) is 5.28. The highest BCUT2D eigenvalue weighted by molar-refractivity contribution is 9.10. The average Bonchev–Trinajstić information content (AvgIpc) is 2.41. The number of carbonyl (C=O) groups excluding carboxylic acids is 1. The number of halogens is 1. The van der Waals surface area contributed by atoms with Gasteiger partial charge in [0.2, 0.25) is 0 Å². The number of nitrogens with zero attached hydrogens (tertiary/aromatic N) is 1. The van der Waals surface area contributed by atoms with Crippen LogP contribution in [0.3, 0.4) is 0 Å². The van der Waals surface area contributed by atoms with Crippen LogP contribution in [0.2, 0.25) is 0 Å². The first-order valence-corrected chi connectivity index (χ1v) is 7.43. The molecular formula is C14H22BrN3O. The minimum absolute atomic E-state index is 0.113. The minimum Gasteiger partial charge on any atom is -0.398 e. The first-order valence-electron chi connectivity index (χ1n) is 6.64. The molecule has 1 aromatic carbocycles. The van der Waals surface area contributed by atoms with E-state index < -0.39 is 0 Å². The van der Waals surface area contributed by atoms with Crippen molar-refractivity contribution in [1.29, 1.82) is 0 Å². The summed E-state index contributed by atoms with van der Waals surface area (Å²) in [6.07, 6.45) is 0.946. The van der Waals surface area contributed by atoms with Crippen LogP contribution < -0.4 is 11.1 Å². The number of hydrogen-bond donors (Lipinski definition) is 2. The average molecular weight is 328 g/mol. The summed E-state index contributed by atoms with van der Waals surface area (Å²) in [5, 5.41) is 2.90. The van der Waals surface area contributed by atoms with Gasteiger partial charge in [-0.2, -0.15) is 0 Å². The van der Waals surface area contributed by atoms with Crippen molar-refractivity contribution in [3.8, 4) is 0 Å². The van der Waals surface area contributed by atoms with Gasteiger partial charge in [-0.25, -0.2) is 0 Å². The molecule has 1 aromatic rings. The van der Waals surface area contributed by atoms with E-state index in [4.69, 9.17) is 5.73 Å². The summed E-state index contributed by atoms with van der Waals surface area (Å²) in [5.41, 5.74) is 6.83. The SMILES string of the molecule is CCN(CC)CCCNC(=O)c1cc(Br)ccc1N. The van der Waals surface area contributed by atoms with E-state index in [9.17, 15) is 4.79 Å². The zero-order valence-electron chi connectivity index (χ0n) is 11.6. The van der Waals surface area contributed by atoms with Gasteiger partial charge in [0.05, 0.1) is 5.56 Å². The summed E-state index contributed by atoms with van der Waals surface area (Å²) in [5.74, 6) is -0.113. The summed E-state index contributed by atoms with van der Waals surface area (Å²) in [7, 11) is 0. The van der Waals surface area contributed by atoms with Gasteiger partial charge in [-0.15, -0.1) is 0 Å². The summed E-state index contributed by atoms with van der Waals surface area (Å²) in [4.78, 5) is 14.3. The molecule has 0 heterocycles. The highest BCUT2D eigenvalue weighted by Gasteiger charge is 2.09. The van der Waals surface area contributed by atoms with Gasteiger partial charge in [0.1, 0.15) is 0 Å². The Morgan fingerprint density at radius 3 is 2.68 bits per heavy atom. The fourth-order valence-corrected chi connectivity index (χ4v) is 2.23. The van der Waals surface area contributed by atoms with Gasteiger partial charge in [0, 0.05) is 16.7 Å². The molecule has 0 saturated carbocycles. The Morgan fingerprint density at radius 2 is 2.05 bits per heavy atom. The highest BCUT2D eigenvalue weighted by atomic mass is 79.9. The zero-order valence-corrected chi connectivity index (χ0v) is 13.2. The van der Waals surface area contributed by atoms with Crippen molar-refractivity contribution < 1.29 is 4.79 Å². The van der Waals surface area contributed by atoms with Crippen molar-refractivity contribution in [1.82, 2.24) is 10.2 Å². The normalized spacial score (nSPS) is 10.7. The molecule has 0 spiro atoms. The first kappa shape index (κ1) is 16.0. The molecule has 0 aliphatic heterocycles. The maximum Gasteiger partial charge on any atom is 0.253 e. The molecule has 0 saturated heterocycles. The zero-order chi connectivity index (χ0) is 14.3. The van der Waals surface area contributed by atoms with Crippen molar-refractivity contribution in [2.24, 2.45) is 0 Å². The van der Waals surface area contributed by atoms with E-state index in [0.29, 0.717) is 17.8 Å². The van der Waals surface area contributed by atoms with Gasteiger partial charge >= 0.3 is 0 Å². The number of hydrogen-bond acceptors (Lipinski definition) is 3. The molecule has 0 unspecified atom stereocenters. The summed E-state index contributed by atoms with van der Waals surface area (Å²) in [6, 6.07) is 5.30. The van der Waals surface area contributed by atoms with Gasteiger partial charge < -0.3 is 16.0 Å². The van der Waals surface area contributed by atoms with E-state index >= 15 is 0 Å². The minimum atomic E-state index is -0.113. The van der Waals surface area contributed by atoms with Crippen molar-refractivity contribution in [2.45, 2.75) is 20.3 Å². The molecule has 0 atom stereocenters. The lowest BCUT2D eigenvalue weighted by Gasteiger charge is -2.17. The molecule has 3 N–H and O–H groups in total. The van der Waals surface area contributed by atoms with Crippen LogP contribution in [-0.2, 0) is 0 Å². The van der Waals surface area contributed by atoms with Crippen LogP contribution in [0.5, 0.6) is 0 Å². The molecule has 106 valence electrons. The quantitative estimate of drug-likeness (QED) is 0.597. The van der Waals surface area contributed by atoms with Crippen LogP contribution in [0.25, 0.3) is 0 Å².